The number of Topliss-reactive ketones (excluding diaryl/α,β-unsaturated/α-hetero) is 1. The summed E-state index contributed by atoms with van der Waals surface area (Å²) in [6, 6.07) is 5.78. The normalized spacial score (nSPS) is 14.4. The van der Waals surface area contributed by atoms with Gasteiger partial charge in [-0.2, -0.15) is 0 Å². The third-order valence-electron chi connectivity index (χ3n) is 3.62. The number of aryl methyl sites for hydroxylation is 2. The molecule has 0 aromatic heterocycles. The Hall–Kier alpha value is -1.15. The van der Waals surface area contributed by atoms with E-state index in [9.17, 15) is 4.79 Å². The number of nitrogens with two attached hydrogens (primary N) is 1. The van der Waals surface area contributed by atoms with Crippen LogP contribution in [0.1, 0.15) is 37.0 Å². The molecule has 0 aliphatic heterocycles. The molecule has 0 fully saturated rings. The van der Waals surface area contributed by atoms with Gasteiger partial charge in [0.05, 0.1) is 6.04 Å². The van der Waals surface area contributed by atoms with E-state index in [2.05, 4.69) is 6.92 Å². The van der Waals surface area contributed by atoms with Crippen LogP contribution >= 0.6 is 0 Å². The maximum absolute atomic E-state index is 12.1. The van der Waals surface area contributed by atoms with Crippen molar-refractivity contribution < 1.29 is 4.79 Å². The molecule has 1 aromatic rings. The van der Waals surface area contributed by atoms with E-state index in [1.165, 1.54) is 11.1 Å². The standard InChI is InChI=1S/C15H23NO/c1-5-10(2)15(16)14(17)9-13-11(3)7-6-8-12(13)4/h6-8,10,15H,5,9,16H2,1-4H3. The Morgan fingerprint density at radius 2 is 1.82 bits per heavy atom. The highest BCUT2D eigenvalue weighted by atomic mass is 16.1. The fourth-order valence-electron chi connectivity index (χ4n) is 1.99. The van der Waals surface area contributed by atoms with E-state index in [-0.39, 0.29) is 17.7 Å². The van der Waals surface area contributed by atoms with E-state index in [0.29, 0.717) is 6.42 Å². The van der Waals surface area contributed by atoms with E-state index < -0.39 is 0 Å². The Kier molecular flexibility index (Phi) is 4.88. The Balaban J connectivity index is 2.81. The topological polar surface area (TPSA) is 43.1 Å². The molecule has 2 N–H and O–H groups in total. The van der Waals surface area contributed by atoms with Crippen LogP contribution in [0.15, 0.2) is 18.2 Å². The molecule has 0 heterocycles. The maximum atomic E-state index is 12.1. The zero-order valence-electron chi connectivity index (χ0n) is 11.3. The lowest BCUT2D eigenvalue weighted by atomic mass is 9.90. The predicted octanol–water partition coefficient (Wildman–Crippen LogP) is 2.79. The first-order chi connectivity index (χ1) is 7.97. The van der Waals surface area contributed by atoms with Crippen LogP contribution in [0.25, 0.3) is 0 Å². The van der Waals surface area contributed by atoms with Gasteiger partial charge in [0.1, 0.15) is 0 Å². The lowest BCUT2D eigenvalue weighted by Gasteiger charge is -2.18. The van der Waals surface area contributed by atoms with Gasteiger partial charge >= 0.3 is 0 Å². The van der Waals surface area contributed by atoms with Gasteiger partial charge in [-0.05, 0) is 36.5 Å². The van der Waals surface area contributed by atoms with Crippen molar-refractivity contribution in [2.45, 2.75) is 46.6 Å². The first kappa shape index (κ1) is 13.9. The summed E-state index contributed by atoms with van der Waals surface area (Å²) in [4.78, 5) is 12.1. The molecule has 1 aromatic carbocycles. The van der Waals surface area contributed by atoms with Gasteiger partial charge in [-0.3, -0.25) is 4.79 Å². The molecule has 0 bridgehead atoms. The Bertz CT molecular complexity index is 378. The number of rotatable bonds is 5. The largest absolute Gasteiger partial charge is 0.321 e. The average Bonchev–Trinajstić information content (AvgIpc) is 2.31. The summed E-state index contributed by atoms with van der Waals surface area (Å²) in [5.41, 5.74) is 9.46. The first-order valence-corrected chi connectivity index (χ1v) is 6.30. The zero-order chi connectivity index (χ0) is 13.0. The van der Waals surface area contributed by atoms with Crippen molar-refractivity contribution >= 4 is 5.78 Å². The van der Waals surface area contributed by atoms with Crippen LogP contribution < -0.4 is 5.73 Å². The molecule has 0 amide bonds. The first-order valence-electron chi connectivity index (χ1n) is 6.30. The van der Waals surface area contributed by atoms with Gasteiger partial charge in [0.15, 0.2) is 5.78 Å². The monoisotopic (exact) mass is 233 g/mol. The summed E-state index contributed by atoms with van der Waals surface area (Å²) < 4.78 is 0. The second kappa shape index (κ2) is 5.97. The second-order valence-electron chi connectivity index (χ2n) is 4.92. The van der Waals surface area contributed by atoms with E-state index in [0.717, 1.165) is 12.0 Å². The van der Waals surface area contributed by atoms with Gasteiger partial charge in [0.2, 0.25) is 0 Å². The van der Waals surface area contributed by atoms with Gasteiger partial charge in [0, 0.05) is 6.42 Å². The molecular weight excluding hydrogens is 210 g/mol. The molecule has 2 nitrogen and oxygen atoms in total. The summed E-state index contributed by atoms with van der Waals surface area (Å²) >= 11 is 0. The molecule has 0 radical (unpaired) electrons. The van der Waals surface area contributed by atoms with Crippen LogP contribution in [0.2, 0.25) is 0 Å². The smallest absolute Gasteiger partial charge is 0.154 e. The summed E-state index contributed by atoms with van der Waals surface area (Å²) in [5.74, 6) is 0.406. The number of ketones is 1. The van der Waals surface area contributed by atoms with Gasteiger partial charge in [-0.1, -0.05) is 38.5 Å². The fourth-order valence-corrected chi connectivity index (χ4v) is 1.99. The van der Waals surface area contributed by atoms with Crippen molar-refractivity contribution in [2.75, 3.05) is 0 Å². The lowest BCUT2D eigenvalue weighted by molar-refractivity contribution is -0.120. The summed E-state index contributed by atoms with van der Waals surface area (Å²) in [6.07, 6.45) is 1.41. The molecule has 0 spiro atoms. The third kappa shape index (κ3) is 3.40. The molecule has 17 heavy (non-hydrogen) atoms. The molecule has 0 saturated heterocycles. The van der Waals surface area contributed by atoms with E-state index in [1.807, 2.05) is 39.0 Å². The van der Waals surface area contributed by atoms with Crippen LogP contribution in [-0.2, 0) is 11.2 Å². The minimum atomic E-state index is -0.334. The number of hydrogen-bond donors (Lipinski definition) is 1. The van der Waals surface area contributed by atoms with Crippen molar-refractivity contribution in [2.24, 2.45) is 11.7 Å². The highest BCUT2D eigenvalue weighted by molar-refractivity contribution is 5.86. The van der Waals surface area contributed by atoms with Crippen molar-refractivity contribution in [1.82, 2.24) is 0 Å². The van der Waals surface area contributed by atoms with Crippen LogP contribution in [0.3, 0.4) is 0 Å². The molecule has 94 valence electrons. The number of hydrogen-bond acceptors (Lipinski definition) is 2. The van der Waals surface area contributed by atoms with Crippen molar-refractivity contribution in [3.8, 4) is 0 Å². The Morgan fingerprint density at radius 1 is 1.29 bits per heavy atom. The lowest BCUT2D eigenvalue weighted by Crippen LogP contribution is -2.37. The molecule has 0 aliphatic carbocycles. The molecule has 0 aliphatic rings. The number of carbonyl (C=O) groups is 1. The van der Waals surface area contributed by atoms with Crippen LogP contribution in [-0.4, -0.2) is 11.8 Å². The highest BCUT2D eigenvalue weighted by Crippen LogP contribution is 2.16. The van der Waals surface area contributed by atoms with E-state index >= 15 is 0 Å². The van der Waals surface area contributed by atoms with E-state index in [1.54, 1.807) is 0 Å². The average molecular weight is 233 g/mol. The summed E-state index contributed by atoms with van der Waals surface area (Å²) in [6.45, 7) is 8.19. The predicted molar refractivity (Wildman–Crippen MR) is 72.1 cm³/mol. The summed E-state index contributed by atoms with van der Waals surface area (Å²) in [5, 5.41) is 0. The van der Waals surface area contributed by atoms with Gasteiger partial charge in [0.25, 0.3) is 0 Å². The quantitative estimate of drug-likeness (QED) is 0.849. The number of benzene rings is 1. The van der Waals surface area contributed by atoms with Crippen LogP contribution in [0.5, 0.6) is 0 Å². The van der Waals surface area contributed by atoms with Crippen LogP contribution in [0, 0.1) is 19.8 Å². The SMILES string of the molecule is CCC(C)C(N)C(=O)Cc1c(C)cccc1C. The zero-order valence-corrected chi connectivity index (χ0v) is 11.3. The van der Waals surface area contributed by atoms with Crippen LogP contribution in [0.4, 0.5) is 0 Å². The molecule has 0 saturated carbocycles. The van der Waals surface area contributed by atoms with Crippen molar-refractivity contribution in [3.05, 3.63) is 34.9 Å². The minimum Gasteiger partial charge on any atom is -0.321 e. The molecule has 2 atom stereocenters. The Morgan fingerprint density at radius 3 is 2.29 bits per heavy atom. The second-order valence-corrected chi connectivity index (χ2v) is 4.92. The Labute approximate surface area is 104 Å². The maximum Gasteiger partial charge on any atom is 0.154 e. The molecular formula is C15H23NO. The number of carbonyl (C=O) groups excluding carboxylic acids is 1. The van der Waals surface area contributed by atoms with E-state index in [4.69, 9.17) is 5.73 Å². The third-order valence-corrected chi connectivity index (χ3v) is 3.62. The van der Waals surface area contributed by atoms with Gasteiger partial charge in [-0.15, -0.1) is 0 Å². The highest BCUT2D eigenvalue weighted by Gasteiger charge is 2.20. The van der Waals surface area contributed by atoms with Crippen molar-refractivity contribution in [3.63, 3.8) is 0 Å². The fraction of sp³-hybridized carbons (Fsp3) is 0.533. The molecule has 1 rings (SSSR count). The minimum absolute atomic E-state index is 0.150. The molecule has 2 unspecified atom stereocenters. The van der Waals surface area contributed by atoms with Crippen molar-refractivity contribution in [1.29, 1.82) is 0 Å². The molecule has 2 heteroatoms. The summed E-state index contributed by atoms with van der Waals surface area (Å²) in [7, 11) is 0. The van der Waals surface area contributed by atoms with Gasteiger partial charge < -0.3 is 5.73 Å². The van der Waals surface area contributed by atoms with Gasteiger partial charge in [-0.25, -0.2) is 0 Å².